The first-order valence-corrected chi connectivity index (χ1v) is 10.9. The lowest BCUT2D eigenvalue weighted by Gasteiger charge is -2.14. The number of nitrogens with zero attached hydrogens (tertiary/aromatic N) is 3. The van der Waals surface area contributed by atoms with Gasteiger partial charge >= 0.3 is 0 Å². The van der Waals surface area contributed by atoms with Gasteiger partial charge in [0.05, 0.1) is 17.4 Å². The molecule has 0 radical (unpaired) electrons. The molecule has 0 amide bonds. The normalized spacial score (nSPS) is 13.5. The van der Waals surface area contributed by atoms with Crippen molar-refractivity contribution in [3.63, 3.8) is 0 Å². The van der Waals surface area contributed by atoms with E-state index in [9.17, 15) is 4.79 Å². The van der Waals surface area contributed by atoms with Gasteiger partial charge in [-0.25, -0.2) is 4.98 Å². The Labute approximate surface area is 185 Å². The molecule has 0 unspecified atom stereocenters. The third-order valence-corrected chi connectivity index (χ3v) is 6.06. The highest BCUT2D eigenvalue weighted by atomic mass is 16.1. The van der Waals surface area contributed by atoms with Gasteiger partial charge in [0.15, 0.2) is 0 Å². The Hall–Kier alpha value is -3.99. The third-order valence-electron chi connectivity index (χ3n) is 6.06. The second-order valence-corrected chi connectivity index (χ2v) is 8.38. The molecule has 1 N–H and O–H groups in total. The fourth-order valence-electron chi connectivity index (χ4n) is 4.29. The zero-order chi connectivity index (χ0) is 21.5. The van der Waals surface area contributed by atoms with Crippen LogP contribution in [-0.4, -0.2) is 14.5 Å². The maximum atomic E-state index is 13.6. The molecule has 1 aliphatic carbocycles. The number of benzene rings is 3. The van der Waals surface area contributed by atoms with E-state index in [0.29, 0.717) is 17.8 Å². The largest absolute Gasteiger partial charge is 0.355 e. The van der Waals surface area contributed by atoms with Gasteiger partial charge in [-0.3, -0.25) is 14.3 Å². The fraction of sp³-hybridized carbons (Fsp3) is 0.148. The van der Waals surface area contributed by atoms with Crippen LogP contribution in [0.2, 0.25) is 0 Å². The first kappa shape index (κ1) is 18.8. The number of nitrogens with one attached hydrogen (secondary N) is 1. The van der Waals surface area contributed by atoms with Gasteiger partial charge in [-0.15, -0.1) is 0 Å². The molecule has 5 aromatic rings. The van der Waals surface area contributed by atoms with Crippen LogP contribution >= 0.6 is 0 Å². The van der Waals surface area contributed by atoms with E-state index in [1.807, 2.05) is 59.3 Å². The monoisotopic (exact) mass is 418 g/mol. The van der Waals surface area contributed by atoms with E-state index in [-0.39, 0.29) is 5.56 Å². The molecule has 0 saturated heterocycles. The van der Waals surface area contributed by atoms with E-state index in [0.717, 1.165) is 46.5 Å². The van der Waals surface area contributed by atoms with Crippen LogP contribution in [0.1, 0.15) is 30.1 Å². The maximum Gasteiger partial charge on any atom is 0.261 e. The van der Waals surface area contributed by atoms with E-state index in [4.69, 9.17) is 4.98 Å². The van der Waals surface area contributed by atoms with Gasteiger partial charge in [0.25, 0.3) is 5.56 Å². The number of anilines is 2. The van der Waals surface area contributed by atoms with Crippen LogP contribution in [0.25, 0.3) is 21.7 Å². The molecule has 5 nitrogen and oxygen atoms in total. The lowest BCUT2D eigenvalue weighted by molar-refractivity contribution is 0.679. The van der Waals surface area contributed by atoms with Gasteiger partial charge < -0.3 is 5.32 Å². The summed E-state index contributed by atoms with van der Waals surface area (Å²) in [5.74, 6) is 1.26. The number of rotatable bonds is 5. The molecule has 3 aromatic carbocycles. The highest BCUT2D eigenvalue weighted by molar-refractivity contribution is 5.96. The summed E-state index contributed by atoms with van der Waals surface area (Å²) in [5.41, 5.74) is 3.65. The molecule has 2 heterocycles. The molecule has 0 aliphatic heterocycles. The average Bonchev–Trinajstić information content (AvgIpc) is 3.67. The zero-order valence-electron chi connectivity index (χ0n) is 17.5. The Morgan fingerprint density at radius 2 is 1.81 bits per heavy atom. The molecule has 0 spiro atoms. The van der Waals surface area contributed by atoms with E-state index in [1.165, 1.54) is 5.39 Å². The van der Waals surface area contributed by atoms with Gasteiger partial charge in [0.2, 0.25) is 0 Å². The SMILES string of the molecule is O=c1c2cc(Nc3cccc4ccccc34)ccc2nc(C2CC2)n1Cc1cccnc1. The van der Waals surface area contributed by atoms with Crippen LogP contribution in [-0.2, 0) is 6.54 Å². The molecule has 0 atom stereocenters. The molecule has 0 bridgehead atoms. The lowest BCUT2D eigenvalue weighted by Crippen LogP contribution is -2.25. The molecular weight excluding hydrogens is 396 g/mol. The van der Waals surface area contributed by atoms with Crippen LogP contribution in [0.5, 0.6) is 0 Å². The van der Waals surface area contributed by atoms with Crippen LogP contribution in [0, 0.1) is 0 Å². The molecular formula is C27H22N4O. The second-order valence-electron chi connectivity index (χ2n) is 8.38. The number of hydrogen-bond acceptors (Lipinski definition) is 4. The van der Waals surface area contributed by atoms with Crippen molar-refractivity contribution in [3.8, 4) is 0 Å². The van der Waals surface area contributed by atoms with Crippen LogP contribution in [0.4, 0.5) is 11.4 Å². The summed E-state index contributed by atoms with van der Waals surface area (Å²) in [4.78, 5) is 22.7. The highest BCUT2D eigenvalue weighted by Gasteiger charge is 2.29. The Kier molecular flexibility index (Phi) is 4.46. The minimum absolute atomic E-state index is 0.00215. The van der Waals surface area contributed by atoms with Crippen LogP contribution in [0.3, 0.4) is 0 Å². The molecule has 1 aliphatic rings. The minimum atomic E-state index is 0.00215. The van der Waals surface area contributed by atoms with Crippen molar-refractivity contribution in [3.05, 3.63) is 107 Å². The summed E-state index contributed by atoms with van der Waals surface area (Å²) in [6.45, 7) is 0.489. The maximum absolute atomic E-state index is 13.6. The highest BCUT2D eigenvalue weighted by Crippen LogP contribution is 2.39. The molecule has 5 heteroatoms. The van der Waals surface area contributed by atoms with E-state index < -0.39 is 0 Å². The predicted molar refractivity (Wildman–Crippen MR) is 129 cm³/mol. The molecule has 156 valence electrons. The number of pyridine rings is 1. The third kappa shape index (κ3) is 3.42. The van der Waals surface area contributed by atoms with Gasteiger partial charge in [0.1, 0.15) is 5.82 Å². The van der Waals surface area contributed by atoms with Crippen molar-refractivity contribution >= 4 is 33.1 Å². The Morgan fingerprint density at radius 3 is 2.66 bits per heavy atom. The average molecular weight is 419 g/mol. The summed E-state index contributed by atoms with van der Waals surface area (Å²) in [6.07, 6.45) is 5.74. The minimum Gasteiger partial charge on any atom is -0.355 e. The number of hydrogen-bond donors (Lipinski definition) is 1. The van der Waals surface area contributed by atoms with Crippen LogP contribution < -0.4 is 10.9 Å². The molecule has 1 saturated carbocycles. The Morgan fingerprint density at radius 1 is 0.938 bits per heavy atom. The van der Waals surface area contributed by atoms with Gasteiger partial charge in [0, 0.05) is 35.1 Å². The summed E-state index contributed by atoms with van der Waals surface area (Å²) in [7, 11) is 0. The van der Waals surface area contributed by atoms with Crippen molar-refractivity contribution in [2.45, 2.75) is 25.3 Å². The van der Waals surface area contributed by atoms with E-state index in [2.05, 4.69) is 34.6 Å². The van der Waals surface area contributed by atoms with Crippen molar-refractivity contribution in [2.75, 3.05) is 5.32 Å². The number of fused-ring (bicyclic) bond motifs is 2. The lowest BCUT2D eigenvalue weighted by atomic mass is 10.1. The number of aromatic nitrogens is 3. The first-order chi connectivity index (χ1) is 15.8. The molecule has 1 fully saturated rings. The smallest absolute Gasteiger partial charge is 0.261 e. The predicted octanol–water partition coefficient (Wildman–Crippen LogP) is 5.61. The summed E-state index contributed by atoms with van der Waals surface area (Å²) >= 11 is 0. The van der Waals surface area contributed by atoms with Gasteiger partial charge in [-0.2, -0.15) is 0 Å². The molecule has 32 heavy (non-hydrogen) atoms. The summed E-state index contributed by atoms with van der Waals surface area (Å²) in [5, 5.41) is 6.45. The van der Waals surface area contributed by atoms with Crippen molar-refractivity contribution in [2.24, 2.45) is 0 Å². The quantitative estimate of drug-likeness (QED) is 0.403. The van der Waals surface area contributed by atoms with Crippen molar-refractivity contribution < 1.29 is 0 Å². The van der Waals surface area contributed by atoms with Gasteiger partial charge in [-0.05, 0) is 54.1 Å². The van der Waals surface area contributed by atoms with Gasteiger partial charge in [-0.1, -0.05) is 42.5 Å². The van der Waals surface area contributed by atoms with Crippen molar-refractivity contribution in [1.29, 1.82) is 0 Å². The fourth-order valence-corrected chi connectivity index (χ4v) is 4.29. The molecule has 6 rings (SSSR count). The standard InChI is InChI=1S/C27H22N4O/c32-27-23-15-21(29-24-9-3-7-19-6-1-2-8-22(19)24)12-13-25(23)30-26(20-10-11-20)31(27)17-18-5-4-14-28-16-18/h1-9,12-16,20,29H,10-11,17H2. The zero-order valence-corrected chi connectivity index (χ0v) is 17.5. The van der Waals surface area contributed by atoms with E-state index in [1.54, 1.807) is 6.20 Å². The Bertz CT molecular complexity index is 1500. The molecule has 2 aromatic heterocycles. The summed E-state index contributed by atoms with van der Waals surface area (Å²) in [6, 6.07) is 24.2. The summed E-state index contributed by atoms with van der Waals surface area (Å²) < 4.78 is 1.83. The van der Waals surface area contributed by atoms with E-state index >= 15 is 0 Å². The first-order valence-electron chi connectivity index (χ1n) is 10.9. The topological polar surface area (TPSA) is 59.8 Å². The second kappa shape index (κ2) is 7.61. The van der Waals surface area contributed by atoms with Crippen LogP contribution in [0.15, 0.2) is 90.0 Å². The Balaban J connectivity index is 1.44. The van der Waals surface area contributed by atoms with Crippen molar-refractivity contribution in [1.82, 2.24) is 14.5 Å².